The van der Waals surface area contributed by atoms with Crippen molar-refractivity contribution in [2.75, 3.05) is 25.7 Å². The van der Waals surface area contributed by atoms with Crippen LogP contribution in [0.5, 0.6) is 11.5 Å². The second-order valence-corrected chi connectivity index (χ2v) is 10.2. The normalized spacial score (nSPS) is 14.2. The molecule has 0 bridgehead atoms. The maximum absolute atomic E-state index is 13.6. The summed E-state index contributed by atoms with van der Waals surface area (Å²) in [7, 11) is 2.82. The van der Waals surface area contributed by atoms with Gasteiger partial charge in [0.2, 0.25) is 0 Å². The van der Waals surface area contributed by atoms with Crippen molar-refractivity contribution in [1.29, 1.82) is 0 Å². The van der Waals surface area contributed by atoms with E-state index in [4.69, 9.17) is 38.0 Å². The largest absolute Gasteiger partial charge is 0.493 e. The smallest absolute Gasteiger partial charge is 0.325 e. The van der Waals surface area contributed by atoms with E-state index in [1.807, 2.05) is 42.5 Å². The van der Waals surface area contributed by atoms with Gasteiger partial charge < -0.3 is 19.1 Å². The van der Waals surface area contributed by atoms with Crippen molar-refractivity contribution < 1.29 is 23.8 Å². The Hall–Kier alpha value is -3.40. The molecule has 0 aromatic heterocycles. The van der Waals surface area contributed by atoms with Crippen LogP contribution >= 0.6 is 39.7 Å². The molecular formula is C29H26BrClN2O5S. The molecule has 1 fully saturated rings. The second-order valence-electron chi connectivity index (χ2n) is 8.59. The van der Waals surface area contributed by atoms with Gasteiger partial charge in [-0.25, -0.2) is 0 Å². The van der Waals surface area contributed by atoms with Gasteiger partial charge in [0, 0.05) is 5.02 Å². The van der Waals surface area contributed by atoms with Crippen molar-refractivity contribution in [3.05, 3.63) is 92.5 Å². The molecule has 0 unspecified atom stereocenters. The number of amides is 1. The molecule has 0 N–H and O–H groups in total. The van der Waals surface area contributed by atoms with Crippen LogP contribution in [0.25, 0.3) is 6.08 Å². The zero-order chi connectivity index (χ0) is 28.1. The van der Waals surface area contributed by atoms with E-state index in [9.17, 15) is 9.59 Å². The van der Waals surface area contributed by atoms with Crippen molar-refractivity contribution in [2.45, 2.75) is 20.0 Å². The van der Waals surface area contributed by atoms with Crippen LogP contribution in [0.4, 0.5) is 5.69 Å². The summed E-state index contributed by atoms with van der Waals surface area (Å²) >= 11 is 15.3. The predicted octanol–water partition coefficient (Wildman–Crippen LogP) is 6.40. The summed E-state index contributed by atoms with van der Waals surface area (Å²) in [6, 6.07) is 18.5. The summed E-state index contributed by atoms with van der Waals surface area (Å²) in [6.45, 7) is 2.12. The SMILES string of the molecule is CCc1ccc(N2C(=O)/C(=C/c3cc(Br)c(OCc4cccc(Cl)c4)c(OC)c3)N(CC(=O)OC)C2=S)cc1. The number of hydrogen-bond acceptors (Lipinski definition) is 6. The third-order valence-corrected chi connectivity index (χ3v) is 7.31. The molecule has 0 atom stereocenters. The maximum atomic E-state index is 13.6. The van der Waals surface area contributed by atoms with Crippen LogP contribution in [0, 0.1) is 0 Å². The Morgan fingerprint density at radius 3 is 2.46 bits per heavy atom. The molecule has 1 aliphatic heterocycles. The molecular weight excluding hydrogens is 604 g/mol. The minimum atomic E-state index is -0.525. The molecule has 0 saturated carbocycles. The van der Waals surface area contributed by atoms with Gasteiger partial charge in [0.1, 0.15) is 18.8 Å². The lowest BCUT2D eigenvalue weighted by atomic mass is 10.1. The summed E-state index contributed by atoms with van der Waals surface area (Å²) < 4.78 is 17.1. The highest BCUT2D eigenvalue weighted by Gasteiger charge is 2.40. The standard InChI is InChI=1S/C29H26BrClN2O5S/c1-4-18-8-10-22(11-9-18)33-28(35)24(32(29(33)39)16-26(34)37-3)14-20-13-23(30)27(25(15-20)36-2)38-17-19-6-5-7-21(31)12-19/h5-15H,4,16-17H2,1-3H3/b24-14-. The fourth-order valence-electron chi connectivity index (χ4n) is 4.04. The van der Waals surface area contributed by atoms with E-state index < -0.39 is 5.97 Å². The molecule has 202 valence electrons. The van der Waals surface area contributed by atoms with Gasteiger partial charge in [-0.05, 0) is 93.7 Å². The maximum Gasteiger partial charge on any atom is 0.325 e. The quantitative estimate of drug-likeness (QED) is 0.154. The first kappa shape index (κ1) is 28.6. The number of aryl methyl sites for hydroxylation is 1. The summed E-state index contributed by atoms with van der Waals surface area (Å²) in [6.07, 6.45) is 2.53. The highest BCUT2D eigenvalue weighted by atomic mass is 79.9. The third kappa shape index (κ3) is 6.43. The molecule has 0 radical (unpaired) electrons. The van der Waals surface area contributed by atoms with Gasteiger partial charge in [-0.1, -0.05) is 42.8 Å². The van der Waals surface area contributed by atoms with E-state index in [1.54, 1.807) is 24.3 Å². The number of thiocarbonyl (C=S) groups is 1. The van der Waals surface area contributed by atoms with Crippen LogP contribution in [0.15, 0.2) is 70.8 Å². The zero-order valence-electron chi connectivity index (χ0n) is 21.6. The van der Waals surface area contributed by atoms with Gasteiger partial charge in [-0.2, -0.15) is 0 Å². The molecule has 4 rings (SSSR count). The van der Waals surface area contributed by atoms with Crippen LogP contribution in [0.3, 0.4) is 0 Å². The molecule has 0 aliphatic carbocycles. The lowest BCUT2D eigenvalue weighted by molar-refractivity contribution is -0.140. The van der Waals surface area contributed by atoms with Gasteiger partial charge in [0.25, 0.3) is 5.91 Å². The first-order valence-corrected chi connectivity index (χ1v) is 13.6. The van der Waals surface area contributed by atoms with Crippen molar-refractivity contribution in [3.63, 3.8) is 0 Å². The van der Waals surface area contributed by atoms with E-state index in [1.165, 1.54) is 24.0 Å². The molecule has 1 aliphatic rings. The molecule has 3 aromatic carbocycles. The van der Waals surface area contributed by atoms with E-state index >= 15 is 0 Å². The van der Waals surface area contributed by atoms with E-state index in [0.717, 1.165) is 17.5 Å². The number of benzene rings is 3. The fourth-order valence-corrected chi connectivity index (χ4v) is 5.18. The van der Waals surface area contributed by atoms with Gasteiger partial charge in [-0.15, -0.1) is 0 Å². The van der Waals surface area contributed by atoms with Crippen molar-refractivity contribution in [3.8, 4) is 11.5 Å². The highest BCUT2D eigenvalue weighted by Crippen LogP contribution is 2.39. The van der Waals surface area contributed by atoms with Crippen LogP contribution in [-0.2, 0) is 27.4 Å². The average molecular weight is 630 g/mol. The van der Waals surface area contributed by atoms with Gasteiger partial charge in [-0.3, -0.25) is 14.5 Å². The van der Waals surface area contributed by atoms with Gasteiger partial charge in [0.15, 0.2) is 16.6 Å². The van der Waals surface area contributed by atoms with Crippen molar-refractivity contribution in [2.24, 2.45) is 0 Å². The number of ether oxygens (including phenoxy) is 3. The zero-order valence-corrected chi connectivity index (χ0v) is 24.7. The van der Waals surface area contributed by atoms with Crippen LogP contribution in [0.2, 0.25) is 5.02 Å². The van der Waals surface area contributed by atoms with Crippen molar-refractivity contribution in [1.82, 2.24) is 4.90 Å². The Bertz CT molecular complexity index is 1440. The molecule has 1 heterocycles. The molecule has 1 amide bonds. The average Bonchev–Trinajstić information content (AvgIpc) is 3.15. The number of hydrogen-bond donors (Lipinski definition) is 0. The number of methoxy groups -OCH3 is 2. The summed E-state index contributed by atoms with van der Waals surface area (Å²) in [5, 5.41) is 0.809. The molecule has 10 heteroatoms. The second kappa shape index (κ2) is 12.6. The van der Waals surface area contributed by atoms with Gasteiger partial charge in [0.05, 0.1) is 24.4 Å². The Labute approximate surface area is 246 Å². The lowest BCUT2D eigenvalue weighted by Gasteiger charge is -2.19. The number of esters is 1. The third-order valence-electron chi connectivity index (χ3n) is 6.08. The minimum absolute atomic E-state index is 0.188. The molecule has 39 heavy (non-hydrogen) atoms. The molecule has 7 nitrogen and oxygen atoms in total. The fraction of sp³-hybridized carbons (Fsp3) is 0.207. The number of nitrogens with zero attached hydrogens (tertiary/aromatic N) is 2. The number of rotatable bonds is 9. The van der Waals surface area contributed by atoms with E-state index in [0.29, 0.717) is 32.2 Å². The number of carbonyl (C=O) groups excluding carboxylic acids is 2. The van der Waals surface area contributed by atoms with Crippen molar-refractivity contribution >= 4 is 68.5 Å². The molecule has 1 saturated heterocycles. The lowest BCUT2D eigenvalue weighted by Crippen LogP contribution is -2.35. The van der Waals surface area contributed by atoms with Crippen LogP contribution in [0.1, 0.15) is 23.6 Å². The number of anilines is 1. The Morgan fingerprint density at radius 2 is 1.82 bits per heavy atom. The summed E-state index contributed by atoms with van der Waals surface area (Å²) in [5.74, 6) is 0.0713. The highest BCUT2D eigenvalue weighted by molar-refractivity contribution is 9.10. The van der Waals surface area contributed by atoms with E-state index in [-0.39, 0.29) is 29.9 Å². The van der Waals surface area contributed by atoms with Crippen LogP contribution < -0.4 is 14.4 Å². The Morgan fingerprint density at radius 1 is 1.08 bits per heavy atom. The minimum Gasteiger partial charge on any atom is -0.493 e. The first-order valence-electron chi connectivity index (χ1n) is 12.0. The monoisotopic (exact) mass is 628 g/mol. The molecule has 0 spiro atoms. The summed E-state index contributed by atoms with van der Waals surface area (Å²) in [4.78, 5) is 28.8. The van der Waals surface area contributed by atoms with Crippen LogP contribution in [-0.4, -0.2) is 42.7 Å². The first-order chi connectivity index (χ1) is 18.7. The Kier molecular flexibility index (Phi) is 9.27. The topological polar surface area (TPSA) is 68.3 Å². The number of halogens is 2. The Balaban J connectivity index is 1.68. The van der Waals surface area contributed by atoms with E-state index in [2.05, 4.69) is 22.9 Å². The summed E-state index contributed by atoms with van der Waals surface area (Å²) in [5.41, 5.74) is 3.51. The molecule has 3 aromatic rings. The van der Waals surface area contributed by atoms with Gasteiger partial charge >= 0.3 is 5.97 Å². The number of carbonyl (C=O) groups is 2. The predicted molar refractivity (Wildman–Crippen MR) is 159 cm³/mol.